The number of ether oxygens (including phenoxy) is 1. The number of aryl methyl sites for hydroxylation is 1. The van der Waals surface area contributed by atoms with E-state index in [2.05, 4.69) is 20.4 Å². The van der Waals surface area contributed by atoms with Gasteiger partial charge in [-0.1, -0.05) is 6.07 Å². The standard InChI is InChI=1S/C19H18N6O3/c1-11-4-5-14-12(3-2-7-20-14)15-10-28-19(27)25(15)16-6-8-24-17(23-16)13(9-21-24)18(26)22-11/h2-3,6-9,11,15H,4-5,10H2,1H3,(H,22,26)/t11-,15+/m0/s1. The van der Waals surface area contributed by atoms with Gasteiger partial charge in [0, 0.05) is 29.7 Å². The van der Waals surface area contributed by atoms with Crippen molar-refractivity contribution < 1.29 is 14.3 Å². The third kappa shape index (κ3) is 2.58. The van der Waals surface area contributed by atoms with Crippen LogP contribution in [0.25, 0.3) is 5.65 Å². The van der Waals surface area contributed by atoms with E-state index < -0.39 is 6.09 Å². The Morgan fingerprint density at radius 2 is 2.18 bits per heavy atom. The van der Waals surface area contributed by atoms with Gasteiger partial charge in [-0.15, -0.1) is 0 Å². The Balaban J connectivity index is 1.71. The number of anilines is 1. The van der Waals surface area contributed by atoms with E-state index in [1.165, 1.54) is 15.6 Å². The van der Waals surface area contributed by atoms with E-state index in [1.54, 1.807) is 18.5 Å². The van der Waals surface area contributed by atoms with Gasteiger partial charge in [0.25, 0.3) is 5.91 Å². The molecule has 0 spiro atoms. The van der Waals surface area contributed by atoms with Crippen LogP contribution >= 0.6 is 0 Å². The second-order valence-corrected chi connectivity index (χ2v) is 7.03. The van der Waals surface area contributed by atoms with Crippen molar-refractivity contribution in [2.45, 2.75) is 31.8 Å². The summed E-state index contributed by atoms with van der Waals surface area (Å²) in [5.74, 6) is 0.171. The molecule has 0 unspecified atom stereocenters. The summed E-state index contributed by atoms with van der Waals surface area (Å²) in [5, 5.41) is 7.20. The predicted octanol–water partition coefficient (Wildman–Crippen LogP) is 1.89. The lowest BCUT2D eigenvalue weighted by Crippen LogP contribution is -2.33. The normalized spacial score (nSPS) is 22.0. The van der Waals surface area contributed by atoms with Crippen molar-refractivity contribution in [1.29, 1.82) is 0 Å². The molecule has 2 aliphatic heterocycles. The number of hydrogen-bond donors (Lipinski definition) is 1. The number of fused-ring (bicyclic) bond motifs is 5. The molecule has 3 aromatic heterocycles. The molecule has 0 aliphatic carbocycles. The summed E-state index contributed by atoms with van der Waals surface area (Å²) < 4.78 is 6.87. The highest BCUT2D eigenvalue weighted by Crippen LogP contribution is 2.34. The van der Waals surface area contributed by atoms with E-state index >= 15 is 0 Å². The predicted molar refractivity (Wildman–Crippen MR) is 99.0 cm³/mol. The van der Waals surface area contributed by atoms with Gasteiger partial charge in [0.05, 0.1) is 6.20 Å². The zero-order valence-electron chi connectivity index (χ0n) is 15.2. The van der Waals surface area contributed by atoms with Crippen LogP contribution in [0, 0.1) is 0 Å². The number of hydrogen-bond acceptors (Lipinski definition) is 6. The van der Waals surface area contributed by atoms with Crippen LogP contribution in [0.4, 0.5) is 10.6 Å². The van der Waals surface area contributed by atoms with E-state index in [0.29, 0.717) is 29.9 Å². The first-order chi connectivity index (χ1) is 13.6. The molecule has 2 bridgehead atoms. The zero-order chi connectivity index (χ0) is 19.3. The van der Waals surface area contributed by atoms with Gasteiger partial charge in [-0.25, -0.2) is 14.3 Å². The Morgan fingerprint density at radius 1 is 1.29 bits per heavy atom. The molecule has 1 N–H and O–H groups in total. The number of amides is 2. The highest BCUT2D eigenvalue weighted by atomic mass is 16.6. The summed E-state index contributed by atoms with van der Waals surface area (Å²) in [6.45, 7) is 2.18. The summed E-state index contributed by atoms with van der Waals surface area (Å²) in [6, 6.07) is 5.14. The van der Waals surface area contributed by atoms with Crippen molar-refractivity contribution in [1.82, 2.24) is 24.9 Å². The van der Waals surface area contributed by atoms with E-state index in [0.717, 1.165) is 11.3 Å². The minimum Gasteiger partial charge on any atom is -0.447 e. The fraction of sp³-hybridized carbons (Fsp3) is 0.316. The topological polar surface area (TPSA) is 102 Å². The minimum absolute atomic E-state index is 0.0567. The maximum atomic E-state index is 12.7. The Morgan fingerprint density at radius 3 is 3.07 bits per heavy atom. The van der Waals surface area contributed by atoms with E-state index in [-0.39, 0.29) is 24.6 Å². The van der Waals surface area contributed by atoms with Crippen molar-refractivity contribution in [3.8, 4) is 0 Å². The van der Waals surface area contributed by atoms with Crippen LogP contribution in [0.5, 0.6) is 0 Å². The first-order valence-electron chi connectivity index (χ1n) is 9.17. The molecule has 142 valence electrons. The van der Waals surface area contributed by atoms with Crippen molar-refractivity contribution in [3.63, 3.8) is 0 Å². The summed E-state index contributed by atoms with van der Waals surface area (Å²) >= 11 is 0. The van der Waals surface area contributed by atoms with Gasteiger partial charge in [-0.05, 0) is 31.9 Å². The number of carbonyl (C=O) groups is 2. The van der Waals surface area contributed by atoms with Gasteiger partial charge >= 0.3 is 6.09 Å². The largest absolute Gasteiger partial charge is 0.447 e. The summed E-state index contributed by atoms with van der Waals surface area (Å²) in [5.41, 5.74) is 2.58. The third-order valence-electron chi connectivity index (χ3n) is 5.19. The van der Waals surface area contributed by atoms with Gasteiger partial charge in [0.15, 0.2) is 5.65 Å². The average Bonchev–Trinajstić information content (AvgIpc) is 3.29. The van der Waals surface area contributed by atoms with Gasteiger partial charge in [0.1, 0.15) is 24.0 Å². The summed E-state index contributed by atoms with van der Waals surface area (Å²) in [6.07, 6.45) is 5.83. The lowest BCUT2D eigenvalue weighted by molar-refractivity contribution is 0.0940. The van der Waals surface area contributed by atoms with Crippen LogP contribution in [0.1, 0.15) is 41.0 Å². The maximum Gasteiger partial charge on any atom is 0.416 e. The first-order valence-corrected chi connectivity index (χ1v) is 9.17. The number of aromatic nitrogens is 4. The fourth-order valence-electron chi connectivity index (χ4n) is 3.75. The number of cyclic esters (lactones) is 1. The lowest BCUT2D eigenvalue weighted by Gasteiger charge is -2.22. The van der Waals surface area contributed by atoms with Gasteiger partial charge < -0.3 is 10.1 Å². The minimum atomic E-state index is -0.467. The SMILES string of the molecule is C[C@H]1CCc2ncccc2[C@H]2COC(=O)N2c2ccn3ncc(c3n2)C(=O)N1. The number of nitrogens with one attached hydrogen (secondary N) is 1. The summed E-state index contributed by atoms with van der Waals surface area (Å²) in [4.78, 5) is 35.9. The second kappa shape index (κ2) is 6.29. The molecule has 9 nitrogen and oxygen atoms in total. The highest BCUT2D eigenvalue weighted by Gasteiger charge is 2.38. The molecule has 2 aliphatic rings. The number of nitrogens with zero attached hydrogens (tertiary/aromatic N) is 5. The molecule has 5 rings (SSSR count). The molecule has 0 aromatic carbocycles. The van der Waals surface area contributed by atoms with Crippen LogP contribution in [0.3, 0.4) is 0 Å². The van der Waals surface area contributed by atoms with Gasteiger partial charge in [-0.3, -0.25) is 14.7 Å². The molecule has 1 fully saturated rings. The molecule has 0 saturated carbocycles. The Bertz CT molecular complexity index is 1090. The van der Waals surface area contributed by atoms with Gasteiger partial charge in [0.2, 0.25) is 0 Å². The summed E-state index contributed by atoms with van der Waals surface area (Å²) in [7, 11) is 0. The molecular weight excluding hydrogens is 360 g/mol. The van der Waals surface area contributed by atoms with E-state index in [4.69, 9.17) is 4.74 Å². The van der Waals surface area contributed by atoms with Gasteiger partial charge in [-0.2, -0.15) is 5.10 Å². The number of rotatable bonds is 0. The lowest BCUT2D eigenvalue weighted by atomic mass is 10.0. The maximum absolute atomic E-state index is 12.7. The molecule has 28 heavy (non-hydrogen) atoms. The van der Waals surface area contributed by atoms with Crippen molar-refractivity contribution in [2.24, 2.45) is 0 Å². The molecule has 5 heterocycles. The van der Waals surface area contributed by atoms with Crippen LogP contribution in [-0.4, -0.2) is 44.2 Å². The molecular formula is C19H18N6O3. The van der Waals surface area contributed by atoms with Crippen molar-refractivity contribution in [3.05, 3.63) is 53.6 Å². The average molecular weight is 378 g/mol. The Labute approximate surface area is 160 Å². The van der Waals surface area contributed by atoms with Crippen LogP contribution in [-0.2, 0) is 11.2 Å². The van der Waals surface area contributed by atoms with E-state index in [1.807, 2.05) is 19.1 Å². The highest BCUT2D eigenvalue weighted by molar-refractivity contribution is 6.00. The molecule has 0 radical (unpaired) electrons. The smallest absolute Gasteiger partial charge is 0.416 e. The van der Waals surface area contributed by atoms with Crippen LogP contribution < -0.4 is 10.2 Å². The monoisotopic (exact) mass is 378 g/mol. The first kappa shape index (κ1) is 16.7. The van der Waals surface area contributed by atoms with Crippen molar-refractivity contribution in [2.75, 3.05) is 11.5 Å². The molecule has 2 amide bonds. The van der Waals surface area contributed by atoms with Crippen molar-refractivity contribution >= 4 is 23.5 Å². The Kier molecular flexibility index (Phi) is 3.75. The third-order valence-corrected chi connectivity index (χ3v) is 5.19. The fourth-order valence-corrected chi connectivity index (χ4v) is 3.75. The quantitative estimate of drug-likeness (QED) is 0.641. The van der Waals surface area contributed by atoms with Crippen LogP contribution in [0.15, 0.2) is 36.8 Å². The molecule has 2 atom stereocenters. The molecule has 3 aromatic rings. The second-order valence-electron chi connectivity index (χ2n) is 7.03. The van der Waals surface area contributed by atoms with Crippen LogP contribution in [0.2, 0.25) is 0 Å². The molecule has 1 saturated heterocycles. The number of pyridine rings is 1. The van der Waals surface area contributed by atoms with E-state index in [9.17, 15) is 9.59 Å². The Hall–Kier alpha value is -3.49. The molecule has 9 heteroatoms. The number of carbonyl (C=O) groups excluding carboxylic acids is 2. The zero-order valence-corrected chi connectivity index (χ0v) is 15.2.